The lowest BCUT2D eigenvalue weighted by Crippen LogP contribution is -1.96. The van der Waals surface area contributed by atoms with Gasteiger partial charge in [-0.1, -0.05) is 107 Å². The van der Waals surface area contributed by atoms with Crippen LogP contribution in [0.3, 0.4) is 0 Å². The molecule has 0 aliphatic rings. The first-order valence-electron chi connectivity index (χ1n) is 10.7. The molecular weight excluding hydrogens is 386 g/mol. The first kappa shape index (κ1) is 28.4. The molecule has 1 heterocycles. The fourth-order valence-electron chi connectivity index (χ4n) is 3.35. The lowest BCUT2D eigenvalue weighted by molar-refractivity contribution is 1.11. The highest BCUT2D eigenvalue weighted by Crippen LogP contribution is 2.35. The first-order valence-corrected chi connectivity index (χ1v) is 10.7. The van der Waals surface area contributed by atoms with Crippen molar-refractivity contribution >= 4 is 33.8 Å². The molecule has 0 spiro atoms. The van der Waals surface area contributed by atoms with Crippen molar-refractivity contribution in [3.8, 4) is 5.69 Å². The number of para-hydroxylation sites is 1. The SMILES string of the molecule is C.C=CC.C=CC.C=Cc1c(C=C)n(-c2ccccc2)c2c1ccc1ccccc12.CC. The summed E-state index contributed by atoms with van der Waals surface area (Å²) in [5.74, 6) is 0. The molecule has 3 aromatic carbocycles. The molecule has 4 rings (SSSR count). The van der Waals surface area contributed by atoms with Gasteiger partial charge in [0.05, 0.1) is 11.2 Å². The number of nitrogens with zero attached hydrogens (tertiary/aromatic N) is 1. The van der Waals surface area contributed by atoms with E-state index in [-0.39, 0.29) is 7.43 Å². The molecule has 0 fully saturated rings. The van der Waals surface area contributed by atoms with Crippen molar-refractivity contribution in [2.24, 2.45) is 0 Å². The van der Waals surface area contributed by atoms with E-state index in [0.717, 1.165) is 16.9 Å². The largest absolute Gasteiger partial charge is 0.309 e. The molecule has 1 heteroatoms. The van der Waals surface area contributed by atoms with Crippen LogP contribution in [0, 0.1) is 0 Å². The van der Waals surface area contributed by atoms with E-state index in [4.69, 9.17) is 0 Å². The third kappa shape index (κ3) is 6.21. The standard InChI is InChI=1S/C22H17N.2C3H6.C2H6.CH4/c1-3-18-20-15-14-16-10-8-9-13-19(16)22(20)23(21(18)4-2)17-11-6-5-7-12-17;2*1-3-2;1-2;/h3-15H,1-2H2;2*3H,1H2,2H3;1-2H3;1H4. The first-order chi connectivity index (χ1) is 15.2. The average molecular weight is 426 g/mol. The van der Waals surface area contributed by atoms with Gasteiger partial charge in [0.25, 0.3) is 0 Å². The van der Waals surface area contributed by atoms with E-state index in [1.165, 1.54) is 21.7 Å². The molecule has 4 aromatic rings. The molecule has 0 bridgehead atoms. The number of rotatable bonds is 3. The fourth-order valence-corrected chi connectivity index (χ4v) is 3.35. The fraction of sp³-hybridized carbons (Fsp3) is 0.161. The summed E-state index contributed by atoms with van der Waals surface area (Å²) in [5.41, 5.74) is 4.55. The van der Waals surface area contributed by atoms with Gasteiger partial charge in [0.15, 0.2) is 0 Å². The minimum Gasteiger partial charge on any atom is -0.309 e. The third-order valence-electron chi connectivity index (χ3n) is 4.34. The van der Waals surface area contributed by atoms with Crippen molar-refractivity contribution < 1.29 is 0 Å². The second-order valence-electron chi connectivity index (χ2n) is 6.38. The summed E-state index contributed by atoms with van der Waals surface area (Å²) < 4.78 is 2.28. The second kappa shape index (κ2) is 15.3. The Hall–Kier alpha value is -3.58. The smallest absolute Gasteiger partial charge is 0.0619 e. The number of fused-ring (bicyclic) bond motifs is 3. The van der Waals surface area contributed by atoms with Crippen molar-refractivity contribution in [3.63, 3.8) is 0 Å². The predicted octanol–water partition coefficient (Wildman–Crippen LogP) is 10.1. The van der Waals surface area contributed by atoms with Crippen LogP contribution in [0.5, 0.6) is 0 Å². The molecule has 0 saturated heterocycles. The normalized spacial score (nSPS) is 8.88. The Morgan fingerprint density at radius 2 is 1.19 bits per heavy atom. The topological polar surface area (TPSA) is 4.93 Å². The maximum atomic E-state index is 4.03. The van der Waals surface area contributed by atoms with Gasteiger partial charge < -0.3 is 4.57 Å². The van der Waals surface area contributed by atoms with Crippen LogP contribution in [0.1, 0.15) is 46.4 Å². The molecule has 0 amide bonds. The van der Waals surface area contributed by atoms with Gasteiger partial charge in [-0.25, -0.2) is 0 Å². The van der Waals surface area contributed by atoms with Gasteiger partial charge in [0.2, 0.25) is 0 Å². The van der Waals surface area contributed by atoms with Crippen molar-refractivity contribution in [1.82, 2.24) is 4.57 Å². The summed E-state index contributed by atoms with van der Waals surface area (Å²) in [6.45, 7) is 22.5. The zero-order valence-electron chi connectivity index (χ0n) is 19.4. The maximum Gasteiger partial charge on any atom is 0.0619 e. The predicted molar refractivity (Wildman–Crippen MR) is 151 cm³/mol. The van der Waals surface area contributed by atoms with Crippen LogP contribution in [-0.4, -0.2) is 4.57 Å². The Morgan fingerprint density at radius 1 is 0.656 bits per heavy atom. The van der Waals surface area contributed by atoms with Crippen molar-refractivity contribution in [1.29, 1.82) is 0 Å². The number of hydrogen-bond acceptors (Lipinski definition) is 0. The van der Waals surface area contributed by atoms with Gasteiger partial charge in [0, 0.05) is 22.0 Å². The van der Waals surface area contributed by atoms with Crippen LogP contribution < -0.4 is 0 Å². The third-order valence-corrected chi connectivity index (χ3v) is 4.34. The molecule has 0 unspecified atom stereocenters. The number of hydrogen-bond donors (Lipinski definition) is 0. The van der Waals surface area contributed by atoms with E-state index in [1.54, 1.807) is 12.2 Å². The summed E-state index contributed by atoms with van der Waals surface area (Å²) in [4.78, 5) is 0. The summed E-state index contributed by atoms with van der Waals surface area (Å²) >= 11 is 0. The molecule has 0 aliphatic carbocycles. The van der Waals surface area contributed by atoms with Crippen LogP contribution in [0.2, 0.25) is 0 Å². The van der Waals surface area contributed by atoms with Gasteiger partial charge >= 0.3 is 0 Å². The van der Waals surface area contributed by atoms with Crippen LogP contribution in [-0.2, 0) is 0 Å². The van der Waals surface area contributed by atoms with Crippen LogP contribution >= 0.6 is 0 Å². The zero-order chi connectivity index (χ0) is 23.2. The van der Waals surface area contributed by atoms with Gasteiger partial charge in [-0.2, -0.15) is 0 Å². The Balaban J connectivity index is 0.000000949. The molecule has 32 heavy (non-hydrogen) atoms. The molecule has 168 valence electrons. The molecule has 0 atom stereocenters. The molecule has 1 aromatic heterocycles. The van der Waals surface area contributed by atoms with Crippen molar-refractivity contribution in [3.05, 3.63) is 116 Å². The Bertz CT molecular complexity index is 1120. The Morgan fingerprint density at radius 3 is 1.72 bits per heavy atom. The molecular formula is C31H39N. The van der Waals surface area contributed by atoms with Crippen LogP contribution in [0.4, 0.5) is 0 Å². The Kier molecular flexibility index (Phi) is 13.5. The summed E-state index contributed by atoms with van der Waals surface area (Å²) in [6.07, 6.45) is 7.34. The maximum absolute atomic E-state index is 4.03. The minimum atomic E-state index is 0. The van der Waals surface area contributed by atoms with E-state index in [9.17, 15) is 0 Å². The highest BCUT2D eigenvalue weighted by Gasteiger charge is 2.16. The Labute approximate surface area is 195 Å². The zero-order valence-corrected chi connectivity index (χ0v) is 19.4. The molecule has 0 aliphatic heterocycles. The van der Waals surface area contributed by atoms with Gasteiger partial charge in [-0.3, -0.25) is 0 Å². The quantitative estimate of drug-likeness (QED) is 0.288. The summed E-state index contributed by atoms with van der Waals surface area (Å²) in [7, 11) is 0. The number of aromatic nitrogens is 1. The van der Waals surface area contributed by atoms with Gasteiger partial charge in [-0.15, -0.1) is 13.2 Å². The van der Waals surface area contributed by atoms with Crippen molar-refractivity contribution in [2.45, 2.75) is 35.1 Å². The average Bonchev–Trinajstić information content (AvgIpc) is 3.16. The number of allylic oxidation sites excluding steroid dienone is 2. The van der Waals surface area contributed by atoms with E-state index >= 15 is 0 Å². The van der Waals surface area contributed by atoms with Crippen LogP contribution in [0.25, 0.3) is 39.5 Å². The van der Waals surface area contributed by atoms with Crippen LogP contribution in [0.15, 0.2) is 105 Å². The summed E-state index contributed by atoms with van der Waals surface area (Å²) in [5, 5.41) is 3.68. The highest BCUT2D eigenvalue weighted by molar-refractivity contribution is 6.10. The van der Waals surface area contributed by atoms with Gasteiger partial charge in [-0.05, 0) is 37.4 Å². The van der Waals surface area contributed by atoms with E-state index in [1.807, 2.05) is 45.9 Å². The summed E-state index contributed by atoms with van der Waals surface area (Å²) in [6, 6.07) is 23.3. The molecule has 1 nitrogen and oxygen atoms in total. The highest BCUT2D eigenvalue weighted by atomic mass is 15.0. The lowest BCUT2D eigenvalue weighted by Gasteiger charge is -2.10. The molecule has 0 N–H and O–H groups in total. The van der Waals surface area contributed by atoms with E-state index < -0.39 is 0 Å². The second-order valence-corrected chi connectivity index (χ2v) is 6.38. The van der Waals surface area contributed by atoms with E-state index in [0.29, 0.717) is 0 Å². The molecule has 0 saturated carbocycles. The van der Waals surface area contributed by atoms with Crippen molar-refractivity contribution in [2.75, 3.05) is 0 Å². The van der Waals surface area contributed by atoms with E-state index in [2.05, 4.69) is 91.5 Å². The van der Waals surface area contributed by atoms with Gasteiger partial charge in [0.1, 0.15) is 0 Å². The monoisotopic (exact) mass is 425 g/mol. The lowest BCUT2D eigenvalue weighted by atomic mass is 10.0. The number of benzene rings is 3. The molecule has 0 radical (unpaired) electrons. The minimum absolute atomic E-state index is 0.